The Bertz CT molecular complexity index is 613. The van der Waals surface area contributed by atoms with E-state index in [-0.39, 0.29) is 6.61 Å². The molecule has 0 unspecified atom stereocenters. The van der Waals surface area contributed by atoms with Gasteiger partial charge in [-0.2, -0.15) is 0 Å². The molecule has 0 atom stereocenters. The molecule has 112 valence electrons. The zero-order valence-electron chi connectivity index (χ0n) is 11.9. The van der Waals surface area contributed by atoms with Gasteiger partial charge in [0, 0.05) is 0 Å². The lowest BCUT2D eigenvalue weighted by molar-refractivity contribution is 0.274. The minimum atomic E-state index is -0.105. The molecular formula is C16H17ClO4. The van der Waals surface area contributed by atoms with Gasteiger partial charge in [0.25, 0.3) is 0 Å². The van der Waals surface area contributed by atoms with Crippen LogP contribution in [0.15, 0.2) is 36.4 Å². The molecule has 4 nitrogen and oxygen atoms in total. The van der Waals surface area contributed by atoms with Crippen molar-refractivity contribution in [1.29, 1.82) is 0 Å². The Kier molecular flexibility index (Phi) is 5.31. The first kappa shape index (κ1) is 15.5. The maximum absolute atomic E-state index is 9.17. The van der Waals surface area contributed by atoms with Gasteiger partial charge in [-0.25, -0.2) is 0 Å². The number of ether oxygens (including phenoxy) is 3. The lowest BCUT2D eigenvalue weighted by Crippen LogP contribution is -2.00. The molecule has 0 fully saturated rings. The van der Waals surface area contributed by atoms with E-state index in [1.807, 2.05) is 24.3 Å². The first-order chi connectivity index (χ1) is 10.2. The first-order valence-electron chi connectivity index (χ1n) is 6.41. The summed E-state index contributed by atoms with van der Waals surface area (Å²) < 4.78 is 16.2. The van der Waals surface area contributed by atoms with E-state index in [4.69, 9.17) is 30.9 Å². The summed E-state index contributed by atoms with van der Waals surface area (Å²) in [6.45, 7) is 0.234. The third-order valence-corrected chi connectivity index (χ3v) is 3.27. The molecule has 0 aliphatic carbocycles. The van der Waals surface area contributed by atoms with E-state index in [2.05, 4.69) is 0 Å². The van der Waals surface area contributed by atoms with Crippen molar-refractivity contribution in [2.45, 2.75) is 13.2 Å². The molecule has 0 saturated heterocycles. The number of hydrogen-bond acceptors (Lipinski definition) is 4. The van der Waals surface area contributed by atoms with Gasteiger partial charge in [0.2, 0.25) is 0 Å². The Morgan fingerprint density at radius 2 is 1.86 bits per heavy atom. The Morgan fingerprint density at radius 1 is 1.05 bits per heavy atom. The fraction of sp³-hybridized carbons (Fsp3) is 0.250. The molecular weight excluding hydrogens is 292 g/mol. The Labute approximate surface area is 128 Å². The van der Waals surface area contributed by atoms with Gasteiger partial charge < -0.3 is 19.3 Å². The number of halogens is 1. The molecule has 2 rings (SSSR count). The van der Waals surface area contributed by atoms with Gasteiger partial charge in [-0.1, -0.05) is 23.7 Å². The average Bonchev–Trinajstić information content (AvgIpc) is 2.53. The van der Waals surface area contributed by atoms with Gasteiger partial charge in [-0.3, -0.25) is 0 Å². The number of rotatable bonds is 6. The summed E-state index contributed by atoms with van der Waals surface area (Å²) in [6.07, 6.45) is 0. The van der Waals surface area contributed by atoms with Crippen molar-refractivity contribution in [3.63, 3.8) is 0 Å². The minimum absolute atomic E-state index is 0.105. The largest absolute Gasteiger partial charge is 0.497 e. The number of aliphatic hydroxyl groups is 1. The Balaban J connectivity index is 2.19. The fourth-order valence-corrected chi connectivity index (χ4v) is 2.21. The van der Waals surface area contributed by atoms with Crippen LogP contribution in [-0.2, 0) is 13.2 Å². The standard InChI is InChI=1S/C16H17ClO4/c1-19-13-5-3-4-11(6-13)10-21-16-14(17)7-12(9-18)8-15(16)20-2/h3-8,18H,9-10H2,1-2H3. The summed E-state index contributed by atoms with van der Waals surface area (Å²) in [6, 6.07) is 10.9. The molecule has 0 spiro atoms. The molecule has 0 heterocycles. The average molecular weight is 309 g/mol. The van der Waals surface area contributed by atoms with Crippen molar-refractivity contribution in [2.24, 2.45) is 0 Å². The molecule has 0 saturated carbocycles. The molecule has 0 bridgehead atoms. The topological polar surface area (TPSA) is 47.9 Å². The van der Waals surface area contributed by atoms with E-state index >= 15 is 0 Å². The lowest BCUT2D eigenvalue weighted by atomic mass is 10.2. The smallest absolute Gasteiger partial charge is 0.180 e. The second-order valence-electron chi connectivity index (χ2n) is 4.41. The summed E-state index contributed by atoms with van der Waals surface area (Å²) in [5, 5.41) is 9.57. The molecule has 2 aromatic rings. The van der Waals surface area contributed by atoms with Crippen molar-refractivity contribution < 1.29 is 19.3 Å². The van der Waals surface area contributed by atoms with E-state index in [1.54, 1.807) is 19.2 Å². The van der Waals surface area contributed by atoms with Crippen LogP contribution in [0.25, 0.3) is 0 Å². The number of hydrogen-bond donors (Lipinski definition) is 1. The highest BCUT2D eigenvalue weighted by Crippen LogP contribution is 2.37. The van der Waals surface area contributed by atoms with Crippen molar-refractivity contribution >= 4 is 11.6 Å². The van der Waals surface area contributed by atoms with Gasteiger partial charge in [-0.05, 0) is 35.4 Å². The number of aliphatic hydroxyl groups excluding tert-OH is 1. The van der Waals surface area contributed by atoms with Crippen LogP contribution in [0.4, 0.5) is 0 Å². The van der Waals surface area contributed by atoms with E-state index in [1.165, 1.54) is 7.11 Å². The monoisotopic (exact) mass is 308 g/mol. The summed E-state index contributed by atoms with van der Waals surface area (Å²) in [5.41, 5.74) is 1.63. The van der Waals surface area contributed by atoms with Gasteiger partial charge >= 0.3 is 0 Å². The lowest BCUT2D eigenvalue weighted by Gasteiger charge is -2.14. The third-order valence-electron chi connectivity index (χ3n) is 2.99. The zero-order chi connectivity index (χ0) is 15.2. The van der Waals surface area contributed by atoms with E-state index in [9.17, 15) is 0 Å². The molecule has 21 heavy (non-hydrogen) atoms. The molecule has 1 N–H and O–H groups in total. The predicted octanol–water partition coefficient (Wildman–Crippen LogP) is 3.43. The zero-order valence-corrected chi connectivity index (χ0v) is 12.7. The summed E-state index contributed by atoms with van der Waals surface area (Å²) in [5.74, 6) is 1.72. The summed E-state index contributed by atoms with van der Waals surface area (Å²) >= 11 is 6.18. The van der Waals surface area contributed by atoms with Crippen LogP contribution >= 0.6 is 11.6 Å². The second-order valence-corrected chi connectivity index (χ2v) is 4.81. The van der Waals surface area contributed by atoms with Gasteiger partial charge in [0.15, 0.2) is 11.5 Å². The highest BCUT2D eigenvalue weighted by Gasteiger charge is 2.12. The highest BCUT2D eigenvalue weighted by molar-refractivity contribution is 6.32. The molecule has 5 heteroatoms. The first-order valence-corrected chi connectivity index (χ1v) is 6.78. The van der Waals surface area contributed by atoms with Gasteiger partial charge in [0.1, 0.15) is 12.4 Å². The molecule has 0 radical (unpaired) electrons. The van der Waals surface area contributed by atoms with E-state index < -0.39 is 0 Å². The van der Waals surface area contributed by atoms with Crippen molar-refractivity contribution in [1.82, 2.24) is 0 Å². The van der Waals surface area contributed by atoms with Crippen LogP contribution < -0.4 is 14.2 Å². The maximum Gasteiger partial charge on any atom is 0.180 e. The van der Waals surface area contributed by atoms with Crippen LogP contribution in [0.5, 0.6) is 17.2 Å². The number of benzene rings is 2. The van der Waals surface area contributed by atoms with Crippen LogP contribution in [0, 0.1) is 0 Å². The predicted molar refractivity (Wildman–Crippen MR) is 81.3 cm³/mol. The summed E-state index contributed by atoms with van der Waals surface area (Å²) in [7, 11) is 3.15. The van der Waals surface area contributed by atoms with Crippen LogP contribution in [-0.4, -0.2) is 19.3 Å². The molecule has 0 aliphatic heterocycles. The minimum Gasteiger partial charge on any atom is -0.497 e. The molecule has 2 aromatic carbocycles. The van der Waals surface area contributed by atoms with Crippen LogP contribution in [0.3, 0.4) is 0 Å². The van der Waals surface area contributed by atoms with Crippen molar-refractivity contribution in [3.8, 4) is 17.2 Å². The quantitative estimate of drug-likeness (QED) is 0.888. The molecule has 0 amide bonds. The van der Waals surface area contributed by atoms with Crippen LogP contribution in [0.2, 0.25) is 5.02 Å². The Morgan fingerprint density at radius 3 is 2.52 bits per heavy atom. The molecule has 0 aliphatic rings. The molecule has 0 aromatic heterocycles. The van der Waals surface area contributed by atoms with Crippen LogP contribution in [0.1, 0.15) is 11.1 Å². The van der Waals surface area contributed by atoms with Crippen molar-refractivity contribution in [2.75, 3.05) is 14.2 Å². The second kappa shape index (κ2) is 7.20. The van der Waals surface area contributed by atoms with E-state index in [0.29, 0.717) is 28.7 Å². The van der Waals surface area contributed by atoms with Gasteiger partial charge in [0.05, 0.1) is 25.8 Å². The Hall–Kier alpha value is -1.91. The highest BCUT2D eigenvalue weighted by atomic mass is 35.5. The summed E-state index contributed by atoms with van der Waals surface area (Å²) in [4.78, 5) is 0. The maximum atomic E-state index is 9.17. The van der Waals surface area contributed by atoms with E-state index in [0.717, 1.165) is 11.3 Å². The SMILES string of the molecule is COc1cccc(COc2c(Cl)cc(CO)cc2OC)c1. The fourth-order valence-electron chi connectivity index (χ4n) is 1.92. The third kappa shape index (κ3) is 3.80. The van der Waals surface area contributed by atoms with Crippen molar-refractivity contribution in [3.05, 3.63) is 52.5 Å². The van der Waals surface area contributed by atoms with Gasteiger partial charge in [-0.15, -0.1) is 0 Å². The number of methoxy groups -OCH3 is 2. The normalized spacial score (nSPS) is 10.3.